The summed E-state index contributed by atoms with van der Waals surface area (Å²) in [6, 6.07) is 7.64. The van der Waals surface area contributed by atoms with Gasteiger partial charge in [0.2, 0.25) is 0 Å². The van der Waals surface area contributed by atoms with Gasteiger partial charge in [0.1, 0.15) is 23.5 Å². The number of hydrogen-bond donors (Lipinski definition) is 1. The molecule has 0 spiro atoms. The lowest BCUT2D eigenvalue weighted by Crippen LogP contribution is -2.35. The van der Waals surface area contributed by atoms with Gasteiger partial charge in [-0.3, -0.25) is 4.79 Å². The van der Waals surface area contributed by atoms with Crippen LogP contribution in [0, 0.1) is 11.6 Å². The minimum atomic E-state index is -0.917. The van der Waals surface area contributed by atoms with E-state index in [9.17, 15) is 13.6 Å². The van der Waals surface area contributed by atoms with E-state index in [0.29, 0.717) is 22.5 Å². The number of carbonyl (C=O) groups is 1. The smallest absolute Gasteiger partial charge is 0.258 e. The van der Waals surface area contributed by atoms with Crippen molar-refractivity contribution in [3.05, 3.63) is 58.6 Å². The maximum absolute atomic E-state index is 13.7. The summed E-state index contributed by atoms with van der Waals surface area (Å²) in [4.78, 5) is 14.4. The Morgan fingerprint density at radius 1 is 1.19 bits per heavy atom. The molecule has 0 bridgehead atoms. The van der Waals surface area contributed by atoms with Crippen molar-refractivity contribution in [1.29, 1.82) is 0 Å². The van der Waals surface area contributed by atoms with Gasteiger partial charge in [-0.25, -0.2) is 8.78 Å². The molecule has 1 saturated heterocycles. The largest absolute Gasteiger partial charge is 0.489 e. The lowest BCUT2D eigenvalue weighted by molar-refractivity contribution is 0.102. The van der Waals surface area contributed by atoms with Crippen LogP contribution in [0.4, 0.5) is 14.5 Å². The van der Waals surface area contributed by atoms with Crippen molar-refractivity contribution in [2.24, 2.45) is 0 Å². The molecule has 3 rings (SSSR count). The Bertz CT molecular complexity index is 808. The Labute approximate surface area is 155 Å². The number of carbonyl (C=O) groups excluding carboxylic acids is 1. The molecule has 0 aliphatic carbocycles. The Morgan fingerprint density at radius 3 is 2.62 bits per heavy atom. The van der Waals surface area contributed by atoms with Gasteiger partial charge in [0.15, 0.2) is 0 Å². The van der Waals surface area contributed by atoms with Crippen molar-refractivity contribution < 1.29 is 18.3 Å². The van der Waals surface area contributed by atoms with Crippen LogP contribution in [0.15, 0.2) is 36.4 Å². The highest BCUT2D eigenvalue weighted by Crippen LogP contribution is 2.30. The van der Waals surface area contributed by atoms with Crippen LogP contribution < -0.4 is 10.1 Å². The number of anilines is 1. The van der Waals surface area contributed by atoms with Gasteiger partial charge < -0.3 is 15.0 Å². The first-order chi connectivity index (χ1) is 12.4. The molecular weight excluding hydrogens is 362 g/mol. The summed E-state index contributed by atoms with van der Waals surface area (Å²) >= 11 is 6.19. The van der Waals surface area contributed by atoms with Crippen LogP contribution in [-0.2, 0) is 0 Å². The molecule has 138 valence electrons. The van der Waals surface area contributed by atoms with Crippen LogP contribution in [0.1, 0.15) is 23.2 Å². The summed E-state index contributed by atoms with van der Waals surface area (Å²) in [5.74, 6) is -1.85. The van der Waals surface area contributed by atoms with Crippen molar-refractivity contribution in [2.75, 3.05) is 25.5 Å². The Morgan fingerprint density at radius 2 is 1.92 bits per heavy atom. The SMILES string of the molecule is CN1CCC(Oc2cc(NC(=O)c3ccc(F)cc3F)ccc2Cl)CC1. The fraction of sp³-hybridized carbons (Fsp3) is 0.316. The van der Waals surface area contributed by atoms with Gasteiger partial charge in [-0.1, -0.05) is 11.6 Å². The van der Waals surface area contributed by atoms with Crippen molar-refractivity contribution in [2.45, 2.75) is 18.9 Å². The lowest BCUT2D eigenvalue weighted by Gasteiger charge is -2.29. The maximum Gasteiger partial charge on any atom is 0.258 e. The van der Waals surface area contributed by atoms with Gasteiger partial charge >= 0.3 is 0 Å². The zero-order valence-corrected chi connectivity index (χ0v) is 15.0. The van der Waals surface area contributed by atoms with Crippen LogP contribution in [-0.4, -0.2) is 37.0 Å². The summed E-state index contributed by atoms with van der Waals surface area (Å²) in [7, 11) is 2.06. The van der Waals surface area contributed by atoms with E-state index in [1.165, 1.54) is 0 Å². The van der Waals surface area contributed by atoms with E-state index in [1.807, 2.05) is 0 Å². The first-order valence-corrected chi connectivity index (χ1v) is 8.71. The molecule has 1 heterocycles. The quantitative estimate of drug-likeness (QED) is 0.857. The van der Waals surface area contributed by atoms with Gasteiger partial charge in [0.05, 0.1) is 10.6 Å². The number of ether oxygens (including phenoxy) is 1. The molecule has 2 aromatic carbocycles. The summed E-state index contributed by atoms with van der Waals surface area (Å²) in [5, 5.41) is 3.02. The molecule has 0 unspecified atom stereocenters. The van der Waals surface area contributed by atoms with Gasteiger partial charge in [0.25, 0.3) is 5.91 Å². The molecule has 1 aliphatic rings. The van der Waals surface area contributed by atoms with Crippen LogP contribution in [0.5, 0.6) is 5.75 Å². The number of rotatable bonds is 4. The molecule has 0 radical (unpaired) electrons. The minimum absolute atomic E-state index is 0.0594. The molecule has 0 saturated carbocycles. The number of halogens is 3. The fourth-order valence-electron chi connectivity index (χ4n) is 2.83. The number of benzene rings is 2. The van der Waals surface area contributed by atoms with Crippen molar-refractivity contribution in [1.82, 2.24) is 4.90 Å². The van der Waals surface area contributed by atoms with Crippen LogP contribution in [0.25, 0.3) is 0 Å². The van der Waals surface area contributed by atoms with Gasteiger partial charge in [-0.15, -0.1) is 0 Å². The fourth-order valence-corrected chi connectivity index (χ4v) is 2.99. The molecule has 4 nitrogen and oxygen atoms in total. The zero-order chi connectivity index (χ0) is 18.7. The highest BCUT2D eigenvalue weighted by molar-refractivity contribution is 6.32. The highest BCUT2D eigenvalue weighted by atomic mass is 35.5. The third-order valence-electron chi connectivity index (χ3n) is 4.32. The predicted molar refractivity (Wildman–Crippen MR) is 96.9 cm³/mol. The number of likely N-dealkylation sites (tertiary alicyclic amines) is 1. The van der Waals surface area contributed by atoms with E-state index in [1.54, 1.807) is 18.2 Å². The van der Waals surface area contributed by atoms with E-state index >= 15 is 0 Å². The van der Waals surface area contributed by atoms with E-state index < -0.39 is 17.5 Å². The first kappa shape index (κ1) is 18.6. The first-order valence-electron chi connectivity index (χ1n) is 8.33. The maximum atomic E-state index is 13.7. The second-order valence-corrected chi connectivity index (χ2v) is 6.75. The summed E-state index contributed by atoms with van der Waals surface area (Å²) in [6.07, 6.45) is 1.85. The molecule has 1 fully saturated rings. The van der Waals surface area contributed by atoms with Gasteiger partial charge in [0, 0.05) is 30.9 Å². The third kappa shape index (κ3) is 4.51. The average Bonchev–Trinajstić information content (AvgIpc) is 2.59. The monoisotopic (exact) mass is 380 g/mol. The molecule has 7 heteroatoms. The lowest BCUT2D eigenvalue weighted by atomic mass is 10.1. The van der Waals surface area contributed by atoms with E-state index in [2.05, 4.69) is 17.3 Å². The average molecular weight is 381 g/mol. The summed E-state index contributed by atoms with van der Waals surface area (Å²) in [5.41, 5.74) is 0.185. The minimum Gasteiger partial charge on any atom is -0.489 e. The molecule has 2 aromatic rings. The van der Waals surface area contributed by atoms with Crippen LogP contribution >= 0.6 is 11.6 Å². The molecule has 1 N–H and O–H groups in total. The number of nitrogens with one attached hydrogen (secondary N) is 1. The van der Waals surface area contributed by atoms with E-state index in [-0.39, 0.29) is 11.7 Å². The Kier molecular flexibility index (Phi) is 5.74. The zero-order valence-electron chi connectivity index (χ0n) is 14.3. The molecule has 1 amide bonds. The van der Waals surface area contributed by atoms with Gasteiger partial charge in [-0.2, -0.15) is 0 Å². The van der Waals surface area contributed by atoms with Gasteiger partial charge in [-0.05, 0) is 44.2 Å². The van der Waals surface area contributed by atoms with Crippen molar-refractivity contribution in [3.63, 3.8) is 0 Å². The predicted octanol–water partition coefficient (Wildman–Crippen LogP) is 4.34. The highest BCUT2D eigenvalue weighted by Gasteiger charge is 2.20. The van der Waals surface area contributed by atoms with Crippen LogP contribution in [0.2, 0.25) is 5.02 Å². The van der Waals surface area contributed by atoms with E-state index in [0.717, 1.165) is 38.1 Å². The topological polar surface area (TPSA) is 41.6 Å². The Hall–Kier alpha value is -2.18. The molecule has 0 aromatic heterocycles. The normalized spacial score (nSPS) is 15.7. The number of piperidine rings is 1. The van der Waals surface area contributed by atoms with E-state index in [4.69, 9.17) is 16.3 Å². The summed E-state index contributed by atoms with van der Waals surface area (Å²) < 4.78 is 32.7. The number of nitrogens with zero attached hydrogens (tertiary/aromatic N) is 1. The number of amides is 1. The summed E-state index contributed by atoms with van der Waals surface area (Å²) in [6.45, 7) is 1.89. The van der Waals surface area contributed by atoms with Crippen LogP contribution in [0.3, 0.4) is 0 Å². The standard InChI is InChI=1S/C19H19ClF2N2O2/c1-24-8-6-14(7-9-24)26-18-11-13(3-5-16(18)20)23-19(25)15-4-2-12(21)10-17(15)22/h2-5,10-11,14H,6-9H2,1H3,(H,23,25). The molecule has 0 atom stereocenters. The Balaban J connectivity index is 1.71. The number of hydrogen-bond acceptors (Lipinski definition) is 3. The van der Waals surface area contributed by atoms with Crippen molar-refractivity contribution in [3.8, 4) is 5.75 Å². The molecule has 26 heavy (non-hydrogen) atoms. The molecular formula is C19H19ClF2N2O2. The molecule has 1 aliphatic heterocycles. The second kappa shape index (κ2) is 8.01. The van der Waals surface area contributed by atoms with Crippen molar-refractivity contribution >= 4 is 23.2 Å². The second-order valence-electron chi connectivity index (χ2n) is 6.34. The third-order valence-corrected chi connectivity index (χ3v) is 4.64.